The van der Waals surface area contributed by atoms with E-state index in [0.717, 1.165) is 16.7 Å². The summed E-state index contributed by atoms with van der Waals surface area (Å²) in [5.41, 5.74) is -1.31. The van der Waals surface area contributed by atoms with E-state index in [2.05, 4.69) is 10.3 Å². The normalized spacial score (nSPS) is 17.1. The maximum absolute atomic E-state index is 13.6. The molecule has 1 saturated heterocycles. The topological polar surface area (TPSA) is 64.4 Å². The number of hydrogen-bond donors (Lipinski definition) is 1. The Hall–Kier alpha value is -2.39. The molecule has 0 bridgehead atoms. The molecule has 1 aliphatic heterocycles. The second kappa shape index (κ2) is 6.65. The minimum Gasteiger partial charge on any atom is -0.454 e. The van der Waals surface area contributed by atoms with Crippen molar-refractivity contribution < 1.29 is 27.1 Å². The molecule has 1 amide bonds. The Kier molecular flexibility index (Phi) is 4.43. The number of amides is 1. The molecule has 1 aromatic carbocycles. The molecule has 5 nitrogen and oxygen atoms in total. The van der Waals surface area contributed by atoms with Crippen LogP contribution < -0.4 is 5.32 Å². The van der Waals surface area contributed by atoms with Gasteiger partial charge in [0.25, 0.3) is 0 Å². The summed E-state index contributed by atoms with van der Waals surface area (Å²) >= 11 is 1.05. The maximum atomic E-state index is 13.6. The first-order chi connectivity index (χ1) is 12.9. The first-order valence-corrected chi connectivity index (χ1v) is 9.17. The number of aromatic nitrogens is 1. The summed E-state index contributed by atoms with van der Waals surface area (Å²) in [6.07, 6.45) is -5.45. The van der Waals surface area contributed by atoms with Gasteiger partial charge in [-0.25, -0.2) is 4.98 Å². The monoisotopic (exact) mass is 396 g/mol. The number of thiazole rings is 1. The lowest BCUT2D eigenvalue weighted by atomic mass is 9.78. The average molecular weight is 396 g/mol. The fourth-order valence-corrected chi connectivity index (χ4v) is 3.82. The molecule has 27 heavy (non-hydrogen) atoms. The molecule has 0 atom stereocenters. The van der Waals surface area contributed by atoms with Crippen LogP contribution in [0.5, 0.6) is 0 Å². The molecule has 0 unspecified atom stereocenters. The van der Waals surface area contributed by atoms with Crippen LogP contribution in [0, 0.1) is 5.41 Å². The van der Waals surface area contributed by atoms with Gasteiger partial charge in [0.2, 0.25) is 5.91 Å². The number of furan rings is 1. The fourth-order valence-electron chi connectivity index (χ4n) is 3.13. The van der Waals surface area contributed by atoms with Crippen molar-refractivity contribution in [3.63, 3.8) is 0 Å². The number of rotatable bonds is 3. The zero-order valence-electron chi connectivity index (χ0n) is 14.0. The molecule has 1 N–H and O–H groups in total. The van der Waals surface area contributed by atoms with Crippen molar-refractivity contribution in [1.82, 2.24) is 4.98 Å². The molecular formula is C18H15F3N2O3S. The first kappa shape index (κ1) is 18.0. The van der Waals surface area contributed by atoms with Crippen molar-refractivity contribution in [1.29, 1.82) is 0 Å². The Morgan fingerprint density at radius 3 is 2.67 bits per heavy atom. The van der Waals surface area contributed by atoms with E-state index in [1.54, 1.807) is 11.4 Å². The van der Waals surface area contributed by atoms with Crippen LogP contribution in [0.25, 0.3) is 22.4 Å². The number of fused-ring (bicyclic) bond motifs is 1. The molecule has 3 heterocycles. The number of carbonyl (C=O) groups is 1. The lowest BCUT2D eigenvalue weighted by Crippen LogP contribution is -2.51. The largest absolute Gasteiger partial charge is 0.454 e. The molecule has 1 aliphatic rings. The molecule has 0 saturated carbocycles. The number of anilines is 1. The Labute approximate surface area is 156 Å². The van der Waals surface area contributed by atoms with E-state index in [9.17, 15) is 18.0 Å². The van der Waals surface area contributed by atoms with Gasteiger partial charge in [0.1, 0.15) is 16.7 Å². The Balaban J connectivity index is 1.57. The van der Waals surface area contributed by atoms with Gasteiger partial charge in [0, 0.05) is 24.0 Å². The van der Waals surface area contributed by atoms with Crippen LogP contribution in [0.1, 0.15) is 12.8 Å². The van der Waals surface area contributed by atoms with Gasteiger partial charge in [-0.1, -0.05) is 18.2 Å². The Bertz CT molecular complexity index is 941. The number of hydrogen-bond acceptors (Lipinski definition) is 5. The van der Waals surface area contributed by atoms with Gasteiger partial charge in [0.15, 0.2) is 10.9 Å². The van der Waals surface area contributed by atoms with Crippen molar-refractivity contribution in [2.24, 2.45) is 5.41 Å². The van der Waals surface area contributed by atoms with Crippen molar-refractivity contribution in [2.75, 3.05) is 18.5 Å². The number of halogens is 3. The van der Waals surface area contributed by atoms with E-state index in [-0.39, 0.29) is 18.3 Å². The van der Waals surface area contributed by atoms with Crippen molar-refractivity contribution in [3.8, 4) is 11.5 Å². The molecule has 2 aromatic heterocycles. The minimum absolute atomic E-state index is 0.102. The zero-order chi connectivity index (χ0) is 19.1. The van der Waals surface area contributed by atoms with Gasteiger partial charge in [-0.05, 0) is 25.0 Å². The van der Waals surface area contributed by atoms with Crippen LogP contribution in [-0.4, -0.2) is 30.3 Å². The molecule has 1 fully saturated rings. The summed E-state index contributed by atoms with van der Waals surface area (Å²) < 4.78 is 51.5. The minimum atomic E-state index is -4.65. The third-order valence-corrected chi connectivity index (χ3v) is 5.48. The molecule has 142 valence electrons. The number of nitrogens with one attached hydrogen (secondary N) is 1. The predicted octanol–water partition coefficient (Wildman–Crippen LogP) is 4.85. The van der Waals surface area contributed by atoms with Crippen molar-refractivity contribution in [2.45, 2.75) is 19.0 Å². The van der Waals surface area contributed by atoms with Gasteiger partial charge in [0.05, 0.1) is 0 Å². The summed E-state index contributed by atoms with van der Waals surface area (Å²) in [6.45, 7) is -0.204. The molecule has 9 heteroatoms. The van der Waals surface area contributed by atoms with E-state index in [1.807, 2.05) is 24.3 Å². The van der Waals surface area contributed by atoms with Gasteiger partial charge in [-0.15, -0.1) is 11.3 Å². The van der Waals surface area contributed by atoms with Crippen LogP contribution in [0.2, 0.25) is 0 Å². The number of benzene rings is 1. The Morgan fingerprint density at radius 1 is 1.22 bits per heavy atom. The molecule has 0 radical (unpaired) electrons. The smallest absolute Gasteiger partial charge is 0.403 e. The van der Waals surface area contributed by atoms with E-state index >= 15 is 0 Å². The molecular weight excluding hydrogens is 381 g/mol. The molecule has 4 rings (SSSR count). The lowest BCUT2D eigenvalue weighted by Gasteiger charge is -2.36. The average Bonchev–Trinajstić information content (AvgIpc) is 3.27. The van der Waals surface area contributed by atoms with Crippen molar-refractivity contribution in [3.05, 3.63) is 35.7 Å². The third-order valence-electron chi connectivity index (χ3n) is 4.73. The molecule has 3 aromatic rings. The van der Waals surface area contributed by atoms with E-state index in [1.165, 1.54) is 0 Å². The summed E-state index contributed by atoms with van der Waals surface area (Å²) in [6, 6.07) is 9.21. The van der Waals surface area contributed by atoms with Gasteiger partial charge >= 0.3 is 6.18 Å². The highest BCUT2D eigenvalue weighted by Gasteiger charge is 2.60. The van der Waals surface area contributed by atoms with Crippen LogP contribution in [-0.2, 0) is 9.53 Å². The maximum Gasteiger partial charge on any atom is 0.403 e. The highest BCUT2D eigenvalue weighted by Crippen LogP contribution is 2.47. The highest BCUT2D eigenvalue weighted by atomic mass is 32.1. The molecule has 0 spiro atoms. The van der Waals surface area contributed by atoms with Crippen LogP contribution in [0.15, 0.2) is 40.1 Å². The highest BCUT2D eigenvalue weighted by molar-refractivity contribution is 7.14. The van der Waals surface area contributed by atoms with Gasteiger partial charge in [-0.2, -0.15) is 13.2 Å². The number of ether oxygens (including phenoxy) is 1. The first-order valence-electron chi connectivity index (χ1n) is 8.29. The van der Waals surface area contributed by atoms with Crippen LogP contribution >= 0.6 is 11.3 Å². The van der Waals surface area contributed by atoms with Gasteiger partial charge < -0.3 is 14.5 Å². The number of carbonyl (C=O) groups excluding carboxylic acids is 1. The van der Waals surface area contributed by atoms with E-state index in [4.69, 9.17) is 9.15 Å². The summed E-state index contributed by atoms with van der Waals surface area (Å²) in [4.78, 5) is 16.7. The quantitative estimate of drug-likeness (QED) is 0.687. The summed E-state index contributed by atoms with van der Waals surface area (Å²) in [5, 5.41) is 4.97. The van der Waals surface area contributed by atoms with Gasteiger partial charge in [-0.3, -0.25) is 4.79 Å². The van der Waals surface area contributed by atoms with Crippen molar-refractivity contribution >= 4 is 33.3 Å². The van der Waals surface area contributed by atoms with E-state index in [0.29, 0.717) is 17.0 Å². The lowest BCUT2D eigenvalue weighted by molar-refractivity contribution is -0.237. The zero-order valence-corrected chi connectivity index (χ0v) is 14.8. The standard InChI is InChI=1S/C18H15F3N2O3S/c19-18(20,21)17(5-7-25-8-6-17)15(24)23-16-22-12(10-27-16)14-9-11-3-1-2-4-13(11)26-14/h1-4,9-10H,5-8H2,(H,22,23,24). The second-order valence-electron chi connectivity index (χ2n) is 6.33. The summed E-state index contributed by atoms with van der Waals surface area (Å²) in [5.74, 6) is -0.603. The number of alkyl halides is 3. The second-order valence-corrected chi connectivity index (χ2v) is 7.19. The predicted molar refractivity (Wildman–Crippen MR) is 94.5 cm³/mol. The third kappa shape index (κ3) is 3.21. The number of nitrogens with zero attached hydrogens (tertiary/aromatic N) is 1. The fraction of sp³-hybridized carbons (Fsp3) is 0.333. The molecule has 0 aliphatic carbocycles. The number of para-hydroxylation sites is 1. The van der Waals surface area contributed by atoms with Crippen LogP contribution in [0.4, 0.5) is 18.3 Å². The van der Waals surface area contributed by atoms with E-state index < -0.39 is 30.3 Å². The summed E-state index contributed by atoms with van der Waals surface area (Å²) in [7, 11) is 0. The SMILES string of the molecule is O=C(Nc1nc(-c2cc3ccccc3o2)cs1)C1(C(F)(F)F)CCOCC1. The van der Waals surface area contributed by atoms with Crippen LogP contribution in [0.3, 0.4) is 0 Å². The Morgan fingerprint density at radius 2 is 1.96 bits per heavy atom.